The zero-order valence-electron chi connectivity index (χ0n) is 18.8. The van der Waals surface area contributed by atoms with E-state index < -0.39 is 11.3 Å². The summed E-state index contributed by atoms with van der Waals surface area (Å²) < 4.78 is 34.5. The third kappa shape index (κ3) is 4.29. The van der Waals surface area contributed by atoms with E-state index in [9.17, 15) is 8.78 Å². The van der Waals surface area contributed by atoms with E-state index in [2.05, 4.69) is 15.3 Å². The van der Waals surface area contributed by atoms with Gasteiger partial charge in [0.05, 0.1) is 24.5 Å². The van der Waals surface area contributed by atoms with Crippen LogP contribution in [-0.4, -0.2) is 38.0 Å². The van der Waals surface area contributed by atoms with Gasteiger partial charge in [-0.25, -0.2) is 8.78 Å². The van der Waals surface area contributed by atoms with Crippen LogP contribution in [0.4, 0.5) is 8.78 Å². The first-order chi connectivity index (χ1) is 15.7. The maximum atomic E-state index is 13.8. The summed E-state index contributed by atoms with van der Waals surface area (Å²) in [5.74, 6) is -2.12. The lowest BCUT2D eigenvalue weighted by atomic mass is 9.89. The summed E-state index contributed by atoms with van der Waals surface area (Å²) >= 11 is 0. The van der Waals surface area contributed by atoms with Gasteiger partial charge in [-0.2, -0.15) is 5.10 Å². The van der Waals surface area contributed by atoms with Gasteiger partial charge in [-0.15, -0.1) is 10.2 Å². The summed E-state index contributed by atoms with van der Waals surface area (Å²) in [5.41, 5.74) is 4.72. The second kappa shape index (κ2) is 7.86. The standard InChI is InChI=1S/C25H25F2N5O/c1-16-4-7-20(19-12-28-32(13-19)15-24(2)8-9-25(26,27)14-24)23(29-16)18-6-5-17-11-22(33-3)31-30-21(17)10-18/h4-7,10-13H,8-9,14-15H2,1-3H3. The van der Waals surface area contributed by atoms with Crippen LogP contribution in [0, 0.1) is 12.3 Å². The van der Waals surface area contributed by atoms with E-state index in [-0.39, 0.29) is 12.8 Å². The average molecular weight is 450 g/mol. The van der Waals surface area contributed by atoms with Crippen LogP contribution in [-0.2, 0) is 6.54 Å². The number of ether oxygens (including phenoxy) is 1. The summed E-state index contributed by atoms with van der Waals surface area (Å²) in [7, 11) is 1.56. The van der Waals surface area contributed by atoms with Crippen molar-refractivity contribution in [2.45, 2.75) is 45.6 Å². The molecule has 1 saturated carbocycles. The number of halogens is 2. The Morgan fingerprint density at radius 3 is 2.67 bits per heavy atom. The van der Waals surface area contributed by atoms with E-state index in [0.717, 1.165) is 39.0 Å². The lowest BCUT2D eigenvalue weighted by molar-refractivity contribution is -0.00411. The van der Waals surface area contributed by atoms with Crippen molar-refractivity contribution in [1.82, 2.24) is 25.0 Å². The maximum Gasteiger partial charge on any atom is 0.248 e. The van der Waals surface area contributed by atoms with Gasteiger partial charge in [-0.1, -0.05) is 25.1 Å². The van der Waals surface area contributed by atoms with E-state index >= 15 is 0 Å². The zero-order chi connectivity index (χ0) is 23.2. The highest BCUT2D eigenvalue weighted by Gasteiger charge is 2.46. The molecule has 1 unspecified atom stereocenters. The van der Waals surface area contributed by atoms with Crippen molar-refractivity contribution in [3.63, 3.8) is 0 Å². The lowest BCUT2D eigenvalue weighted by Gasteiger charge is -2.23. The molecule has 8 heteroatoms. The number of hydrogen-bond donors (Lipinski definition) is 0. The summed E-state index contributed by atoms with van der Waals surface area (Å²) in [6.45, 7) is 4.33. The maximum absolute atomic E-state index is 13.8. The molecule has 0 saturated heterocycles. The lowest BCUT2D eigenvalue weighted by Crippen LogP contribution is -2.23. The van der Waals surface area contributed by atoms with E-state index in [1.165, 1.54) is 0 Å². The van der Waals surface area contributed by atoms with Crippen LogP contribution >= 0.6 is 0 Å². The Morgan fingerprint density at radius 1 is 1.06 bits per heavy atom. The Morgan fingerprint density at radius 2 is 1.91 bits per heavy atom. The molecule has 1 aliphatic rings. The quantitative estimate of drug-likeness (QED) is 0.391. The largest absolute Gasteiger partial charge is 0.480 e. The minimum absolute atomic E-state index is 0.0552. The number of nitrogens with zero attached hydrogens (tertiary/aromatic N) is 5. The first kappa shape index (κ1) is 21.4. The first-order valence-corrected chi connectivity index (χ1v) is 10.9. The molecule has 3 aromatic heterocycles. The summed E-state index contributed by atoms with van der Waals surface area (Å²) in [6.07, 6.45) is 4.03. The fraction of sp³-hybridized carbons (Fsp3) is 0.360. The van der Waals surface area contributed by atoms with E-state index in [4.69, 9.17) is 9.72 Å². The summed E-state index contributed by atoms with van der Waals surface area (Å²) in [4.78, 5) is 4.80. The van der Waals surface area contributed by atoms with Crippen molar-refractivity contribution in [1.29, 1.82) is 0 Å². The number of alkyl halides is 2. The van der Waals surface area contributed by atoms with Crippen LogP contribution in [0.15, 0.2) is 48.8 Å². The van der Waals surface area contributed by atoms with Crippen molar-refractivity contribution in [3.05, 3.63) is 54.5 Å². The zero-order valence-corrected chi connectivity index (χ0v) is 18.8. The molecular weight excluding hydrogens is 424 g/mol. The molecule has 1 fully saturated rings. The number of aryl methyl sites for hydroxylation is 1. The van der Waals surface area contributed by atoms with Crippen molar-refractivity contribution < 1.29 is 13.5 Å². The number of pyridine rings is 1. The van der Waals surface area contributed by atoms with Gasteiger partial charge in [0.1, 0.15) is 0 Å². The monoisotopic (exact) mass is 449 g/mol. The topological polar surface area (TPSA) is 65.7 Å². The highest BCUT2D eigenvalue weighted by Crippen LogP contribution is 2.48. The van der Waals surface area contributed by atoms with E-state index in [1.807, 2.05) is 56.4 Å². The number of fused-ring (bicyclic) bond motifs is 1. The molecule has 1 atom stereocenters. The predicted molar refractivity (Wildman–Crippen MR) is 122 cm³/mol. The second-order valence-corrected chi connectivity index (χ2v) is 9.28. The Hall–Kier alpha value is -3.42. The first-order valence-electron chi connectivity index (χ1n) is 10.9. The number of aromatic nitrogens is 5. The number of benzene rings is 1. The molecule has 4 aromatic rings. The van der Waals surface area contributed by atoms with E-state index in [0.29, 0.717) is 18.8 Å². The summed E-state index contributed by atoms with van der Waals surface area (Å²) in [5, 5.41) is 13.7. The molecule has 33 heavy (non-hydrogen) atoms. The van der Waals surface area contributed by atoms with Gasteiger partial charge in [0, 0.05) is 59.4 Å². The Bertz CT molecular complexity index is 1340. The molecule has 0 aliphatic heterocycles. The van der Waals surface area contributed by atoms with Crippen LogP contribution in [0.2, 0.25) is 0 Å². The van der Waals surface area contributed by atoms with Gasteiger partial charge in [-0.05, 0) is 30.9 Å². The SMILES string of the molecule is COc1cc2ccc(-c3nc(C)ccc3-c3cnn(CC4(C)CCC(F)(F)C4)c3)cc2nn1. The molecule has 6 nitrogen and oxygen atoms in total. The highest BCUT2D eigenvalue weighted by atomic mass is 19.3. The number of methoxy groups -OCH3 is 1. The normalized spacial score (nSPS) is 19.8. The molecule has 0 spiro atoms. The minimum atomic E-state index is -2.58. The van der Waals surface area contributed by atoms with E-state index in [1.54, 1.807) is 18.0 Å². The van der Waals surface area contributed by atoms with Gasteiger partial charge < -0.3 is 4.74 Å². The molecular formula is C25H25F2N5O. The fourth-order valence-electron chi connectivity index (χ4n) is 4.68. The molecule has 0 bridgehead atoms. The van der Waals surface area contributed by atoms with Crippen LogP contribution < -0.4 is 4.74 Å². The third-order valence-electron chi connectivity index (χ3n) is 6.35. The molecule has 1 aromatic carbocycles. The minimum Gasteiger partial charge on any atom is -0.480 e. The molecule has 0 radical (unpaired) electrons. The molecule has 0 N–H and O–H groups in total. The molecule has 0 amide bonds. The third-order valence-corrected chi connectivity index (χ3v) is 6.35. The van der Waals surface area contributed by atoms with Gasteiger partial charge in [0.25, 0.3) is 0 Å². The van der Waals surface area contributed by atoms with Crippen LogP contribution in [0.5, 0.6) is 5.88 Å². The average Bonchev–Trinajstić information content (AvgIpc) is 3.35. The Labute approximate surface area is 190 Å². The van der Waals surface area contributed by atoms with Gasteiger partial charge >= 0.3 is 0 Å². The van der Waals surface area contributed by atoms with Crippen molar-refractivity contribution in [2.24, 2.45) is 5.41 Å². The smallest absolute Gasteiger partial charge is 0.248 e. The van der Waals surface area contributed by atoms with Gasteiger partial charge in [0.15, 0.2) is 0 Å². The van der Waals surface area contributed by atoms with Gasteiger partial charge in [0.2, 0.25) is 11.8 Å². The van der Waals surface area contributed by atoms with Crippen LogP contribution in [0.3, 0.4) is 0 Å². The van der Waals surface area contributed by atoms with Gasteiger partial charge in [-0.3, -0.25) is 9.67 Å². The highest BCUT2D eigenvalue weighted by molar-refractivity contribution is 5.88. The van der Waals surface area contributed by atoms with Crippen LogP contribution in [0.1, 0.15) is 31.9 Å². The van der Waals surface area contributed by atoms with Crippen LogP contribution in [0.25, 0.3) is 33.3 Å². The van der Waals surface area contributed by atoms with Crippen molar-refractivity contribution in [3.8, 4) is 28.3 Å². The number of rotatable bonds is 5. The van der Waals surface area contributed by atoms with Crippen molar-refractivity contribution in [2.75, 3.05) is 7.11 Å². The fourth-order valence-corrected chi connectivity index (χ4v) is 4.68. The van der Waals surface area contributed by atoms with Crippen molar-refractivity contribution >= 4 is 10.9 Å². The Kier molecular flexibility index (Phi) is 5.11. The molecule has 170 valence electrons. The second-order valence-electron chi connectivity index (χ2n) is 9.28. The molecule has 3 heterocycles. The molecule has 1 aliphatic carbocycles. The molecule has 5 rings (SSSR count). The summed E-state index contributed by atoms with van der Waals surface area (Å²) in [6, 6.07) is 11.8. The predicted octanol–water partition coefficient (Wildman–Crippen LogP) is 5.70. The Balaban J connectivity index is 1.49. The number of hydrogen-bond acceptors (Lipinski definition) is 5.